The van der Waals surface area contributed by atoms with E-state index in [0.717, 1.165) is 45.6 Å². The van der Waals surface area contributed by atoms with E-state index in [-0.39, 0.29) is 5.91 Å². The first-order chi connectivity index (χ1) is 9.35. The molecule has 1 saturated carbocycles. The molecule has 1 heterocycles. The molecule has 1 aliphatic carbocycles. The number of amides is 1. The maximum absolute atomic E-state index is 12.8. The van der Waals surface area contributed by atoms with Gasteiger partial charge in [0.1, 0.15) is 0 Å². The van der Waals surface area contributed by atoms with Crippen molar-refractivity contribution < 1.29 is 4.79 Å². The minimum absolute atomic E-state index is 0.173. The number of thiocarbonyl (C=S) groups is 1. The second-order valence-electron chi connectivity index (χ2n) is 6.95. The van der Waals surface area contributed by atoms with Gasteiger partial charge in [-0.3, -0.25) is 9.69 Å². The van der Waals surface area contributed by atoms with Crippen LogP contribution in [0.1, 0.15) is 33.6 Å². The lowest BCUT2D eigenvalue weighted by Crippen LogP contribution is -2.60. The van der Waals surface area contributed by atoms with Crippen molar-refractivity contribution in [1.82, 2.24) is 9.80 Å². The van der Waals surface area contributed by atoms with Gasteiger partial charge in [0.15, 0.2) is 0 Å². The van der Waals surface area contributed by atoms with Crippen LogP contribution in [0, 0.1) is 17.3 Å². The number of carbonyl (C=O) groups is 1. The van der Waals surface area contributed by atoms with Crippen LogP contribution in [-0.4, -0.2) is 53.4 Å². The summed E-state index contributed by atoms with van der Waals surface area (Å²) in [6.45, 7) is 11.3. The molecule has 0 atom stereocenters. The first kappa shape index (κ1) is 15.7. The normalized spacial score (nSPS) is 31.2. The Kier molecular flexibility index (Phi) is 4.69. The van der Waals surface area contributed by atoms with Crippen LogP contribution in [0.3, 0.4) is 0 Å². The molecule has 4 nitrogen and oxygen atoms in total. The molecule has 114 valence electrons. The fourth-order valence-electron chi connectivity index (χ4n) is 3.56. The lowest BCUT2D eigenvalue weighted by atomic mass is 9.61. The van der Waals surface area contributed by atoms with Crippen LogP contribution >= 0.6 is 12.2 Å². The van der Waals surface area contributed by atoms with Gasteiger partial charge in [-0.15, -0.1) is 0 Å². The largest absolute Gasteiger partial charge is 0.392 e. The minimum atomic E-state index is -0.533. The second kappa shape index (κ2) is 5.98. The van der Waals surface area contributed by atoms with Gasteiger partial charge in [-0.1, -0.05) is 33.0 Å². The Morgan fingerprint density at radius 3 is 2.25 bits per heavy atom. The Morgan fingerprint density at radius 2 is 1.85 bits per heavy atom. The number of rotatable bonds is 4. The summed E-state index contributed by atoms with van der Waals surface area (Å²) >= 11 is 5.18. The fraction of sp³-hybridized carbons (Fsp3) is 0.867. The summed E-state index contributed by atoms with van der Waals surface area (Å²) in [5.41, 5.74) is 5.34. The Labute approximate surface area is 127 Å². The molecule has 0 unspecified atom stereocenters. The van der Waals surface area contributed by atoms with Crippen molar-refractivity contribution in [3.63, 3.8) is 0 Å². The summed E-state index contributed by atoms with van der Waals surface area (Å²) in [7, 11) is 0. The highest BCUT2D eigenvalue weighted by Gasteiger charge is 2.52. The van der Waals surface area contributed by atoms with Crippen LogP contribution in [0.5, 0.6) is 0 Å². The smallest absolute Gasteiger partial charge is 0.235 e. The highest BCUT2D eigenvalue weighted by atomic mass is 32.1. The minimum Gasteiger partial charge on any atom is -0.392 e. The van der Waals surface area contributed by atoms with Gasteiger partial charge in [0.2, 0.25) is 5.91 Å². The lowest BCUT2D eigenvalue weighted by molar-refractivity contribution is -0.146. The SMILES string of the molecule is CC(C)CN1CCN(C(=O)C2(C(N)=S)CC(C)C2)CC1. The van der Waals surface area contributed by atoms with E-state index in [4.69, 9.17) is 18.0 Å². The standard InChI is InChI=1S/C15H27N3OS/c1-11(2)10-17-4-6-18(7-5-17)14(19)15(13(16)20)8-12(3)9-15/h11-12H,4-10H2,1-3H3,(H2,16,20). The van der Waals surface area contributed by atoms with Crippen molar-refractivity contribution in [3.05, 3.63) is 0 Å². The first-order valence-corrected chi connectivity index (χ1v) is 8.07. The Hall–Kier alpha value is -0.680. The van der Waals surface area contributed by atoms with Gasteiger partial charge in [0.25, 0.3) is 0 Å². The Morgan fingerprint density at radius 1 is 1.30 bits per heavy atom. The van der Waals surface area contributed by atoms with E-state index >= 15 is 0 Å². The summed E-state index contributed by atoms with van der Waals surface area (Å²) in [5, 5.41) is 0. The number of nitrogens with two attached hydrogens (primary N) is 1. The first-order valence-electron chi connectivity index (χ1n) is 7.67. The molecule has 2 N–H and O–H groups in total. The summed E-state index contributed by atoms with van der Waals surface area (Å²) in [5.74, 6) is 1.41. The molecule has 2 aliphatic rings. The third-order valence-corrected chi connectivity index (χ3v) is 4.95. The molecule has 20 heavy (non-hydrogen) atoms. The van der Waals surface area contributed by atoms with Crippen molar-refractivity contribution in [1.29, 1.82) is 0 Å². The van der Waals surface area contributed by atoms with Gasteiger partial charge in [-0.05, 0) is 24.7 Å². The predicted molar refractivity (Wildman–Crippen MR) is 85.5 cm³/mol. The maximum Gasteiger partial charge on any atom is 0.235 e. The van der Waals surface area contributed by atoms with E-state index < -0.39 is 5.41 Å². The second-order valence-corrected chi connectivity index (χ2v) is 7.39. The molecule has 0 aromatic heterocycles. The summed E-state index contributed by atoms with van der Waals surface area (Å²) < 4.78 is 0. The number of hydrogen-bond donors (Lipinski definition) is 1. The fourth-order valence-corrected chi connectivity index (χ4v) is 3.82. The third-order valence-electron chi connectivity index (χ3n) is 4.56. The zero-order valence-corrected chi connectivity index (χ0v) is 13.7. The van der Waals surface area contributed by atoms with Crippen LogP contribution in [-0.2, 0) is 4.79 Å². The predicted octanol–water partition coefficient (Wildman–Crippen LogP) is 1.49. The quantitative estimate of drug-likeness (QED) is 0.799. The van der Waals surface area contributed by atoms with Crippen molar-refractivity contribution in [3.8, 4) is 0 Å². The van der Waals surface area contributed by atoms with E-state index in [1.165, 1.54) is 0 Å². The number of nitrogens with zero attached hydrogens (tertiary/aromatic N) is 2. The summed E-state index contributed by atoms with van der Waals surface area (Å²) in [6, 6.07) is 0. The van der Waals surface area contributed by atoms with Crippen molar-refractivity contribution >= 4 is 23.1 Å². The molecule has 0 spiro atoms. The van der Waals surface area contributed by atoms with Crippen molar-refractivity contribution in [2.24, 2.45) is 23.0 Å². The average Bonchev–Trinajstić information content (AvgIpc) is 2.33. The molecule has 1 saturated heterocycles. The van der Waals surface area contributed by atoms with Gasteiger partial charge in [-0.25, -0.2) is 0 Å². The average molecular weight is 297 g/mol. The van der Waals surface area contributed by atoms with E-state index in [1.807, 2.05) is 4.90 Å². The molecule has 1 aliphatic heterocycles. The molecule has 5 heteroatoms. The van der Waals surface area contributed by atoms with Crippen molar-refractivity contribution in [2.45, 2.75) is 33.6 Å². The molecule has 0 radical (unpaired) electrons. The molecular formula is C15H27N3OS. The Balaban J connectivity index is 1.93. The van der Waals surface area contributed by atoms with Crippen LogP contribution in [0.15, 0.2) is 0 Å². The van der Waals surface area contributed by atoms with Crippen LogP contribution in [0.2, 0.25) is 0 Å². The molecule has 0 aromatic carbocycles. The van der Waals surface area contributed by atoms with Gasteiger partial charge in [0.05, 0.1) is 10.4 Å². The maximum atomic E-state index is 12.8. The monoisotopic (exact) mass is 297 g/mol. The summed E-state index contributed by atoms with van der Waals surface area (Å²) in [6.07, 6.45) is 1.65. The van der Waals surface area contributed by atoms with E-state index in [2.05, 4.69) is 25.7 Å². The van der Waals surface area contributed by atoms with Gasteiger partial charge in [0, 0.05) is 32.7 Å². The molecule has 0 bridgehead atoms. The molecule has 1 amide bonds. The topological polar surface area (TPSA) is 49.6 Å². The van der Waals surface area contributed by atoms with Gasteiger partial charge in [-0.2, -0.15) is 0 Å². The van der Waals surface area contributed by atoms with Gasteiger partial charge < -0.3 is 10.6 Å². The van der Waals surface area contributed by atoms with E-state index in [9.17, 15) is 4.79 Å². The zero-order chi connectivity index (χ0) is 14.9. The Bertz CT molecular complexity index is 383. The highest BCUT2D eigenvalue weighted by Crippen LogP contribution is 2.47. The number of piperazine rings is 1. The van der Waals surface area contributed by atoms with Crippen molar-refractivity contribution in [2.75, 3.05) is 32.7 Å². The molecular weight excluding hydrogens is 270 g/mol. The van der Waals surface area contributed by atoms with Gasteiger partial charge >= 0.3 is 0 Å². The van der Waals surface area contributed by atoms with Crippen LogP contribution < -0.4 is 5.73 Å². The molecule has 2 fully saturated rings. The summed E-state index contributed by atoms with van der Waals surface area (Å²) in [4.78, 5) is 17.6. The van der Waals surface area contributed by atoms with Crippen LogP contribution in [0.25, 0.3) is 0 Å². The number of hydrogen-bond acceptors (Lipinski definition) is 3. The lowest BCUT2D eigenvalue weighted by Gasteiger charge is -2.48. The third kappa shape index (κ3) is 2.98. The molecule has 0 aromatic rings. The highest BCUT2D eigenvalue weighted by molar-refractivity contribution is 7.80. The van der Waals surface area contributed by atoms with E-state index in [0.29, 0.717) is 16.8 Å². The van der Waals surface area contributed by atoms with E-state index in [1.54, 1.807) is 0 Å². The zero-order valence-electron chi connectivity index (χ0n) is 12.9. The number of carbonyl (C=O) groups excluding carboxylic acids is 1. The van der Waals surface area contributed by atoms with Crippen LogP contribution in [0.4, 0.5) is 0 Å². The molecule has 2 rings (SSSR count).